The molecule has 0 aliphatic heterocycles. The largest absolute Gasteiger partial charge is 0.492 e. The highest BCUT2D eigenvalue weighted by atomic mass is 35.5. The van der Waals surface area contributed by atoms with Crippen LogP contribution in [0.5, 0.6) is 5.75 Å². The van der Waals surface area contributed by atoms with Gasteiger partial charge >= 0.3 is 0 Å². The van der Waals surface area contributed by atoms with Crippen molar-refractivity contribution < 1.29 is 14.3 Å². The summed E-state index contributed by atoms with van der Waals surface area (Å²) in [5.41, 5.74) is 1.57. The number of benzene rings is 2. The van der Waals surface area contributed by atoms with Gasteiger partial charge in [-0.3, -0.25) is 9.59 Å². The maximum atomic E-state index is 12.2. The van der Waals surface area contributed by atoms with Crippen molar-refractivity contribution in [1.82, 2.24) is 15.2 Å². The first-order valence-electron chi connectivity index (χ1n) is 9.79. The molecule has 1 aromatic heterocycles. The molecule has 0 saturated heterocycles. The lowest BCUT2D eigenvalue weighted by atomic mass is 10.2. The summed E-state index contributed by atoms with van der Waals surface area (Å²) in [7, 11) is 0. The third-order valence-corrected chi connectivity index (χ3v) is 4.72. The Balaban J connectivity index is 1.29. The van der Waals surface area contributed by atoms with Crippen molar-refractivity contribution in [3.8, 4) is 11.4 Å². The van der Waals surface area contributed by atoms with Crippen LogP contribution in [0.25, 0.3) is 5.69 Å². The molecule has 2 N–H and O–H groups in total. The molecule has 0 unspecified atom stereocenters. The van der Waals surface area contributed by atoms with E-state index in [4.69, 9.17) is 16.3 Å². The molecule has 0 radical (unpaired) electrons. The standard InChI is InChI=1S/C23H24ClN3O3/c24-20-6-1-2-7-21(20)30-17-5-8-22(28)25-13-14-26-23(29)18-9-11-19(12-10-18)27-15-3-4-16-27/h1-4,6-7,9-12,15-16H,5,8,13-14,17H2,(H,25,28)(H,26,29). The van der Waals surface area contributed by atoms with Crippen LogP contribution in [0.3, 0.4) is 0 Å². The van der Waals surface area contributed by atoms with Crippen LogP contribution in [0.4, 0.5) is 0 Å². The molecule has 3 rings (SSSR count). The van der Waals surface area contributed by atoms with Crippen LogP contribution >= 0.6 is 11.6 Å². The molecule has 0 atom stereocenters. The number of amides is 2. The van der Waals surface area contributed by atoms with Gasteiger partial charge in [0, 0.05) is 43.2 Å². The number of para-hydroxylation sites is 1. The van der Waals surface area contributed by atoms with Crippen LogP contribution in [-0.4, -0.2) is 36.1 Å². The van der Waals surface area contributed by atoms with Gasteiger partial charge in [-0.15, -0.1) is 0 Å². The number of hydrogen-bond donors (Lipinski definition) is 2. The van der Waals surface area contributed by atoms with Crippen LogP contribution in [0.15, 0.2) is 73.1 Å². The van der Waals surface area contributed by atoms with Gasteiger partial charge in [0.1, 0.15) is 5.75 Å². The molecular weight excluding hydrogens is 402 g/mol. The average Bonchev–Trinajstić information content (AvgIpc) is 3.30. The molecule has 0 fully saturated rings. The van der Waals surface area contributed by atoms with Crippen LogP contribution < -0.4 is 15.4 Å². The van der Waals surface area contributed by atoms with Gasteiger partial charge in [0.2, 0.25) is 5.91 Å². The molecule has 0 bridgehead atoms. The van der Waals surface area contributed by atoms with Crippen LogP contribution in [-0.2, 0) is 4.79 Å². The van der Waals surface area contributed by atoms with E-state index in [-0.39, 0.29) is 11.8 Å². The molecule has 2 amide bonds. The predicted octanol–water partition coefficient (Wildman–Crippen LogP) is 3.84. The van der Waals surface area contributed by atoms with Crippen LogP contribution in [0, 0.1) is 0 Å². The highest BCUT2D eigenvalue weighted by Gasteiger charge is 2.06. The van der Waals surface area contributed by atoms with Gasteiger partial charge in [-0.25, -0.2) is 0 Å². The Kier molecular flexibility index (Phi) is 7.92. The number of carbonyl (C=O) groups excluding carboxylic acids is 2. The maximum Gasteiger partial charge on any atom is 0.251 e. The molecule has 0 saturated carbocycles. The van der Waals surface area contributed by atoms with E-state index in [1.54, 1.807) is 24.3 Å². The number of carbonyl (C=O) groups is 2. The molecule has 30 heavy (non-hydrogen) atoms. The number of rotatable bonds is 10. The maximum absolute atomic E-state index is 12.2. The summed E-state index contributed by atoms with van der Waals surface area (Å²) in [6.45, 7) is 1.14. The van der Waals surface area contributed by atoms with Gasteiger partial charge in [0.05, 0.1) is 11.6 Å². The second kappa shape index (κ2) is 11.1. The van der Waals surface area contributed by atoms with Crippen molar-refractivity contribution >= 4 is 23.4 Å². The van der Waals surface area contributed by atoms with E-state index in [0.29, 0.717) is 48.9 Å². The molecular formula is C23H24ClN3O3. The smallest absolute Gasteiger partial charge is 0.251 e. The number of halogens is 1. The minimum absolute atomic E-state index is 0.0805. The zero-order valence-corrected chi connectivity index (χ0v) is 17.3. The number of ether oxygens (including phenoxy) is 1. The molecule has 1 heterocycles. The zero-order valence-electron chi connectivity index (χ0n) is 16.5. The lowest BCUT2D eigenvalue weighted by molar-refractivity contribution is -0.121. The Morgan fingerprint density at radius 3 is 2.33 bits per heavy atom. The molecule has 7 heteroatoms. The van der Waals surface area contributed by atoms with E-state index < -0.39 is 0 Å². The fourth-order valence-electron chi connectivity index (χ4n) is 2.84. The molecule has 0 aliphatic carbocycles. The molecule has 156 valence electrons. The SMILES string of the molecule is O=C(CCCOc1ccccc1Cl)NCCNC(=O)c1ccc(-n2cccc2)cc1. The number of hydrogen-bond acceptors (Lipinski definition) is 3. The topological polar surface area (TPSA) is 72.4 Å². The van der Waals surface area contributed by atoms with Crippen molar-refractivity contribution in [2.45, 2.75) is 12.8 Å². The van der Waals surface area contributed by atoms with E-state index in [9.17, 15) is 9.59 Å². The monoisotopic (exact) mass is 425 g/mol. The van der Waals surface area contributed by atoms with Gasteiger partial charge in [-0.1, -0.05) is 23.7 Å². The van der Waals surface area contributed by atoms with Crippen LogP contribution in [0.2, 0.25) is 5.02 Å². The molecule has 2 aromatic carbocycles. The fourth-order valence-corrected chi connectivity index (χ4v) is 3.03. The Bertz CT molecular complexity index is 956. The second-order valence-corrected chi connectivity index (χ2v) is 7.03. The summed E-state index contributed by atoms with van der Waals surface area (Å²) < 4.78 is 7.52. The van der Waals surface area contributed by atoms with Crippen molar-refractivity contribution in [3.63, 3.8) is 0 Å². The Morgan fingerprint density at radius 2 is 1.60 bits per heavy atom. The Morgan fingerprint density at radius 1 is 0.900 bits per heavy atom. The molecule has 6 nitrogen and oxygen atoms in total. The van der Waals surface area contributed by atoms with E-state index in [1.807, 2.05) is 53.4 Å². The third-order valence-electron chi connectivity index (χ3n) is 4.41. The minimum Gasteiger partial charge on any atom is -0.492 e. The molecule has 3 aromatic rings. The van der Waals surface area contributed by atoms with Crippen molar-refractivity contribution in [2.75, 3.05) is 19.7 Å². The minimum atomic E-state index is -0.170. The first-order chi connectivity index (χ1) is 14.6. The van der Waals surface area contributed by atoms with Gasteiger partial charge in [0.25, 0.3) is 5.91 Å². The summed E-state index contributed by atoms with van der Waals surface area (Å²) in [6.07, 6.45) is 4.82. The van der Waals surface area contributed by atoms with Crippen molar-refractivity contribution in [2.24, 2.45) is 0 Å². The van der Waals surface area contributed by atoms with Gasteiger partial charge < -0.3 is 19.9 Å². The Labute approximate surface area is 180 Å². The summed E-state index contributed by atoms with van der Waals surface area (Å²) in [5, 5.41) is 6.15. The third kappa shape index (κ3) is 6.39. The lowest BCUT2D eigenvalue weighted by Gasteiger charge is -2.09. The quantitative estimate of drug-likeness (QED) is 0.485. The first kappa shape index (κ1) is 21.5. The zero-order chi connectivity index (χ0) is 21.2. The predicted molar refractivity (Wildman–Crippen MR) is 117 cm³/mol. The summed E-state index contributed by atoms with van der Waals surface area (Å²) in [4.78, 5) is 24.1. The van der Waals surface area contributed by atoms with Crippen molar-refractivity contribution in [1.29, 1.82) is 0 Å². The normalized spacial score (nSPS) is 10.4. The fraction of sp³-hybridized carbons (Fsp3) is 0.217. The number of nitrogens with zero attached hydrogens (tertiary/aromatic N) is 1. The van der Waals surface area contributed by atoms with Crippen LogP contribution in [0.1, 0.15) is 23.2 Å². The average molecular weight is 426 g/mol. The molecule has 0 spiro atoms. The number of nitrogens with one attached hydrogen (secondary N) is 2. The highest BCUT2D eigenvalue weighted by Crippen LogP contribution is 2.23. The van der Waals surface area contributed by atoms with E-state index in [1.165, 1.54) is 0 Å². The van der Waals surface area contributed by atoms with E-state index in [0.717, 1.165) is 5.69 Å². The van der Waals surface area contributed by atoms with Gasteiger partial charge in [-0.2, -0.15) is 0 Å². The highest BCUT2D eigenvalue weighted by molar-refractivity contribution is 6.32. The van der Waals surface area contributed by atoms with E-state index in [2.05, 4.69) is 10.6 Å². The first-order valence-corrected chi connectivity index (χ1v) is 10.2. The second-order valence-electron chi connectivity index (χ2n) is 6.63. The summed E-state index contributed by atoms with van der Waals surface area (Å²) in [5.74, 6) is 0.364. The Hall–Kier alpha value is -3.25. The van der Waals surface area contributed by atoms with Gasteiger partial charge in [-0.05, 0) is 55.0 Å². The lowest BCUT2D eigenvalue weighted by Crippen LogP contribution is -2.34. The summed E-state index contributed by atoms with van der Waals surface area (Å²) >= 11 is 6.01. The van der Waals surface area contributed by atoms with Gasteiger partial charge in [0.15, 0.2) is 0 Å². The molecule has 0 aliphatic rings. The summed E-state index contributed by atoms with van der Waals surface area (Å²) in [6, 6.07) is 18.5. The van der Waals surface area contributed by atoms with Crippen molar-refractivity contribution in [3.05, 3.63) is 83.6 Å². The van der Waals surface area contributed by atoms with E-state index >= 15 is 0 Å². The number of aromatic nitrogens is 1.